The quantitative estimate of drug-likeness (QED) is 0.172. The van der Waals surface area contributed by atoms with Crippen molar-refractivity contribution in [2.45, 2.75) is 142 Å². The zero-order valence-electron chi connectivity index (χ0n) is 28.7. The fraction of sp³-hybridized carbons (Fsp3) is 0.889. The largest absolute Gasteiger partial charge is 0.481 e. The fourth-order valence-corrected chi connectivity index (χ4v) is 12.2. The summed E-state index contributed by atoms with van der Waals surface area (Å²) < 4.78 is 11.4. The number of hydrogen-bond acceptors (Lipinski definition) is 10. The highest BCUT2D eigenvalue weighted by Gasteiger charge is 2.72. The summed E-state index contributed by atoms with van der Waals surface area (Å²) >= 11 is 0. The van der Waals surface area contributed by atoms with Crippen molar-refractivity contribution < 1.29 is 54.8 Å². The molecule has 7 N–H and O–H groups in total. The minimum Gasteiger partial charge on any atom is -0.481 e. The molecule has 0 spiro atoms. The number of hydrogen-bond donors (Lipinski definition) is 7. The molecule has 11 nitrogen and oxygen atoms in total. The van der Waals surface area contributed by atoms with E-state index in [0.29, 0.717) is 44.9 Å². The van der Waals surface area contributed by atoms with E-state index in [2.05, 4.69) is 26.8 Å². The molecule has 0 amide bonds. The molecule has 1 heterocycles. The first-order chi connectivity index (χ1) is 21.8. The Kier molecular flexibility index (Phi) is 8.40. The molecule has 266 valence electrons. The van der Waals surface area contributed by atoms with E-state index >= 15 is 0 Å². The Hall–Kier alpha value is -1.60. The van der Waals surface area contributed by atoms with Crippen LogP contribution in [0.4, 0.5) is 0 Å². The van der Waals surface area contributed by atoms with Gasteiger partial charge in [0.2, 0.25) is 6.29 Å². The van der Waals surface area contributed by atoms with Crippen molar-refractivity contribution in [2.24, 2.45) is 50.7 Å². The van der Waals surface area contributed by atoms with Crippen LogP contribution in [-0.4, -0.2) is 96.7 Å². The number of carboxylic acids is 1. The number of carbonyl (C=O) groups is 2. The van der Waals surface area contributed by atoms with E-state index in [9.17, 15) is 45.3 Å². The zero-order chi connectivity index (χ0) is 34.7. The summed E-state index contributed by atoms with van der Waals surface area (Å²) in [6, 6.07) is 0. The second-order valence-corrected chi connectivity index (χ2v) is 17.3. The number of fused-ring (bicyclic) bond motifs is 7. The minimum absolute atomic E-state index is 0.126. The maximum absolute atomic E-state index is 14.5. The molecule has 5 aliphatic carbocycles. The van der Waals surface area contributed by atoms with Crippen molar-refractivity contribution in [3.63, 3.8) is 0 Å². The molecular weight excluding hydrogens is 608 g/mol. The van der Waals surface area contributed by atoms with Gasteiger partial charge in [0.1, 0.15) is 24.4 Å². The molecule has 0 unspecified atom stereocenters. The predicted octanol–water partition coefficient (Wildman–Crippen LogP) is 2.53. The third kappa shape index (κ3) is 4.49. The van der Waals surface area contributed by atoms with E-state index in [1.165, 1.54) is 0 Å². The SMILES string of the molecule is C[C@@H]1CC[C@]2(C(=O)O[C@H]3O[C@@H](CO)[C@H](O)[C@@H](O)[C@H]3O)CC[C@]3(C)C(=CC[C@@H]4[C@@]5(C)CC[C@@H](O)[C@](C)(C(=O)O)[C@@H]5CC[C@]43C)[C@H]2[C@]1(C)O. The van der Waals surface area contributed by atoms with Gasteiger partial charge in [-0.15, -0.1) is 0 Å². The van der Waals surface area contributed by atoms with Gasteiger partial charge < -0.3 is 45.2 Å². The van der Waals surface area contributed by atoms with Crippen molar-refractivity contribution in [3.05, 3.63) is 11.6 Å². The first kappa shape index (κ1) is 35.2. The van der Waals surface area contributed by atoms with Crippen LogP contribution in [0.2, 0.25) is 0 Å². The Bertz CT molecular complexity index is 1310. The lowest BCUT2D eigenvalue weighted by atomic mass is 9.33. The first-order valence-electron chi connectivity index (χ1n) is 17.6. The molecule has 1 aliphatic heterocycles. The molecule has 4 saturated carbocycles. The third-order valence-electron chi connectivity index (χ3n) is 15.6. The highest BCUT2D eigenvalue weighted by Crippen LogP contribution is 2.76. The van der Waals surface area contributed by atoms with Crippen LogP contribution in [0.5, 0.6) is 0 Å². The standard InChI is InChI=1S/C36H56O11/c1-18-9-14-36(30(44)47-28-26(41)25(40)24(39)20(17-37)46-28)16-15-32(3)19(27(36)35(18,6)45)7-8-21-31(2)12-11-23(38)34(5,29(42)43)22(31)10-13-33(21,32)4/h7,18,20-28,37-41,45H,8-17H2,1-6H3,(H,42,43)/t18-,20+,21-,22-,23-,24+,25-,26-,27+,28-,31-,32-,33-,34-,35-,36+/m1/s1. The van der Waals surface area contributed by atoms with Gasteiger partial charge in [0.15, 0.2) is 0 Å². The molecular formula is C36H56O11. The van der Waals surface area contributed by atoms with Crippen molar-refractivity contribution in [1.82, 2.24) is 0 Å². The van der Waals surface area contributed by atoms with E-state index in [4.69, 9.17) is 9.47 Å². The summed E-state index contributed by atoms with van der Waals surface area (Å²) in [6.45, 7) is 11.7. The van der Waals surface area contributed by atoms with Crippen LogP contribution in [0.1, 0.15) is 99.3 Å². The number of esters is 1. The molecule has 0 aromatic carbocycles. The molecule has 47 heavy (non-hydrogen) atoms. The average Bonchev–Trinajstić information content (AvgIpc) is 3.01. The molecule has 0 bridgehead atoms. The average molecular weight is 665 g/mol. The molecule has 0 radical (unpaired) electrons. The number of aliphatic hydroxyl groups excluding tert-OH is 5. The fourth-order valence-electron chi connectivity index (χ4n) is 12.2. The van der Waals surface area contributed by atoms with Gasteiger partial charge in [0.05, 0.1) is 29.1 Å². The topological polar surface area (TPSA) is 194 Å². The highest BCUT2D eigenvalue weighted by atomic mass is 16.7. The number of ether oxygens (including phenoxy) is 2. The van der Waals surface area contributed by atoms with Crippen LogP contribution >= 0.6 is 0 Å². The normalized spacial score (nSPS) is 55.8. The summed E-state index contributed by atoms with van der Waals surface area (Å²) in [5.74, 6) is -2.37. The summed E-state index contributed by atoms with van der Waals surface area (Å²) in [6.07, 6.45) is -1.18. The van der Waals surface area contributed by atoms with Crippen molar-refractivity contribution in [2.75, 3.05) is 6.61 Å². The molecule has 11 heteroatoms. The highest BCUT2D eigenvalue weighted by molar-refractivity contribution is 5.79. The van der Waals surface area contributed by atoms with Gasteiger partial charge in [-0.25, -0.2) is 0 Å². The lowest BCUT2D eigenvalue weighted by Crippen LogP contribution is -2.69. The molecule has 1 saturated heterocycles. The van der Waals surface area contributed by atoms with Crippen LogP contribution in [0.25, 0.3) is 0 Å². The van der Waals surface area contributed by atoms with Crippen molar-refractivity contribution in [1.29, 1.82) is 0 Å². The van der Waals surface area contributed by atoms with Gasteiger partial charge in [0, 0.05) is 5.92 Å². The van der Waals surface area contributed by atoms with E-state index < -0.39 is 83.1 Å². The Morgan fingerprint density at radius 2 is 1.57 bits per heavy atom. The van der Waals surface area contributed by atoms with Gasteiger partial charge in [-0.2, -0.15) is 0 Å². The number of aliphatic carboxylic acids is 1. The number of allylic oxidation sites excluding steroid dienone is 1. The maximum atomic E-state index is 14.5. The molecule has 6 aliphatic rings. The number of rotatable bonds is 4. The number of carbonyl (C=O) groups excluding carboxylic acids is 1. The molecule has 6 rings (SSSR count). The van der Waals surface area contributed by atoms with Crippen LogP contribution in [0.3, 0.4) is 0 Å². The molecule has 0 aromatic rings. The lowest BCUT2D eigenvalue weighted by molar-refractivity contribution is -0.299. The van der Waals surface area contributed by atoms with Gasteiger partial charge in [-0.1, -0.05) is 39.3 Å². The van der Waals surface area contributed by atoms with Gasteiger partial charge >= 0.3 is 11.9 Å². The van der Waals surface area contributed by atoms with Crippen LogP contribution < -0.4 is 0 Å². The van der Waals surface area contributed by atoms with E-state index in [-0.39, 0.29) is 28.6 Å². The van der Waals surface area contributed by atoms with Crippen LogP contribution in [0, 0.1) is 50.7 Å². The third-order valence-corrected chi connectivity index (χ3v) is 15.6. The number of aliphatic hydroxyl groups is 6. The summed E-state index contributed by atoms with van der Waals surface area (Å²) in [5.41, 5.74) is -3.64. The second-order valence-electron chi connectivity index (χ2n) is 17.3. The summed E-state index contributed by atoms with van der Waals surface area (Å²) in [4.78, 5) is 27.2. The Labute approximate surface area is 277 Å². The van der Waals surface area contributed by atoms with E-state index in [1.807, 2.05) is 6.92 Å². The van der Waals surface area contributed by atoms with E-state index in [1.54, 1.807) is 13.8 Å². The smallest absolute Gasteiger partial charge is 0.315 e. The second kappa shape index (κ2) is 11.2. The lowest BCUT2D eigenvalue weighted by Gasteiger charge is -2.71. The first-order valence-corrected chi connectivity index (χ1v) is 17.6. The molecule has 5 fully saturated rings. The van der Waals surface area contributed by atoms with Gasteiger partial charge in [-0.05, 0) is 106 Å². The van der Waals surface area contributed by atoms with Crippen molar-refractivity contribution in [3.8, 4) is 0 Å². The van der Waals surface area contributed by atoms with Gasteiger partial charge in [0.25, 0.3) is 0 Å². The zero-order valence-corrected chi connectivity index (χ0v) is 28.7. The maximum Gasteiger partial charge on any atom is 0.315 e. The summed E-state index contributed by atoms with van der Waals surface area (Å²) in [7, 11) is 0. The molecule has 16 atom stereocenters. The molecule has 0 aromatic heterocycles. The number of carboxylic acid groups (broad SMARTS) is 1. The van der Waals surface area contributed by atoms with Crippen LogP contribution in [-0.2, 0) is 19.1 Å². The minimum atomic E-state index is -1.72. The Balaban J connectivity index is 1.39. The van der Waals surface area contributed by atoms with E-state index in [0.717, 1.165) is 18.4 Å². The predicted molar refractivity (Wildman–Crippen MR) is 168 cm³/mol. The van der Waals surface area contributed by atoms with Crippen LogP contribution in [0.15, 0.2) is 11.6 Å². The monoisotopic (exact) mass is 664 g/mol. The Morgan fingerprint density at radius 3 is 2.21 bits per heavy atom. The summed E-state index contributed by atoms with van der Waals surface area (Å²) in [5, 5.41) is 74.8. The Morgan fingerprint density at radius 1 is 0.894 bits per heavy atom. The van der Waals surface area contributed by atoms with Crippen molar-refractivity contribution >= 4 is 11.9 Å². The van der Waals surface area contributed by atoms with Gasteiger partial charge in [-0.3, -0.25) is 9.59 Å².